The highest BCUT2D eigenvalue weighted by Gasteiger charge is 2.42. The van der Waals surface area contributed by atoms with Gasteiger partial charge in [0, 0.05) is 50.1 Å². The Balaban J connectivity index is 0.000000145. The van der Waals surface area contributed by atoms with Gasteiger partial charge in [-0.25, -0.2) is 0 Å². The number of fused-ring (bicyclic) bond motifs is 14. The van der Waals surface area contributed by atoms with Crippen LogP contribution in [-0.4, -0.2) is 0 Å². The van der Waals surface area contributed by atoms with Gasteiger partial charge in [0.1, 0.15) is 0 Å². The maximum atomic E-state index is 2.50. The largest absolute Gasteiger partial charge is 0.310 e. The minimum atomic E-state index is -0.154. The number of rotatable bonds is 10. The van der Waals surface area contributed by atoms with E-state index < -0.39 is 0 Å². The molecule has 16 aromatic rings. The first kappa shape index (κ1) is 64.5. The lowest BCUT2D eigenvalue weighted by Crippen LogP contribution is -2.21. The molecule has 4 aliphatic rings. The second-order valence-corrected chi connectivity index (χ2v) is 31.6. The molecule has 0 atom stereocenters. The van der Waals surface area contributed by atoms with Gasteiger partial charge < -0.3 is 9.80 Å². The molecule has 0 heterocycles. The van der Waals surface area contributed by atoms with E-state index >= 15 is 0 Å². The minimum absolute atomic E-state index is 0.0863. The van der Waals surface area contributed by atoms with Gasteiger partial charge in [-0.3, -0.25) is 0 Å². The Morgan fingerprint density at radius 1 is 0.170 bits per heavy atom. The van der Waals surface area contributed by atoms with Gasteiger partial charge in [-0.05, 0) is 246 Å². The third kappa shape index (κ3) is 10.4. The van der Waals surface area contributed by atoms with Crippen molar-refractivity contribution in [1.29, 1.82) is 0 Å². The van der Waals surface area contributed by atoms with Crippen LogP contribution in [0, 0.1) is 0 Å². The fourth-order valence-electron chi connectivity index (χ4n) is 18.5. The predicted molar refractivity (Wildman–Crippen MR) is 449 cm³/mol. The van der Waals surface area contributed by atoms with Crippen molar-refractivity contribution >= 4 is 55.7 Å². The topological polar surface area (TPSA) is 6.48 Å². The van der Waals surface area contributed by atoms with Crippen molar-refractivity contribution in [1.82, 2.24) is 0 Å². The molecule has 508 valence electrons. The lowest BCUT2D eigenvalue weighted by atomic mass is 9.81. The van der Waals surface area contributed by atoms with Gasteiger partial charge in [-0.1, -0.05) is 316 Å². The van der Waals surface area contributed by atoms with Gasteiger partial charge in [0.15, 0.2) is 0 Å². The smallest absolute Gasteiger partial charge is 0.0508 e. The molecule has 0 saturated carbocycles. The molecular formula is C104H82N2. The average molecular weight is 1360 g/mol. The molecule has 0 amide bonds. The fourth-order valence-corrected chi connectivity index (χ4v) is 18.5. The molecule has 0 unspecified atom stereocenters. The number of hydrogen-bond acceptors (Lipinski definition) is 2. The van der Waals surface area contributed by atoms with Gasteiger partial charge in [0.25, 0.3) is 0 Å². The number of benzene rings is 16. The summed E-state index contributed by atoms with van der Waals surface area (Å²) in [5.74, 6) is 0. The lowest BCUT2D eigenvalue weighted by Gasteiger charge is -2.33. The van der Waals surface area contributed by atoms with Gasteiger partial charge >= 0.3 is 0 Å². The van der Waals surface area contributed by atoms with Crippen LogP contribution in [0.25, 0.3) is 111 Å². The second-order valence-electron chi connectivity index (χ2n) is 31.6. The Labute approximate surface area is 623 Å². The molecular weight excluding hydrogens is 1280 g/mol. The van der Waals surface area contributed by atoms with Crippen LogP contribution in [0.4, 0.5) is 34.1 Å². The highest BCUT2D eigenvalue weighted by molar-refractivity contribution is 5.97. The van der Waals surface area contributed by atoms with Crippen molar-refractivity contribution in [3.63, 3.8) is 0 Å². The van der Waals surface area contributed by atoms with E-state index in [2.05, 4.69) is 417 Å². The average Bonchev–Trinajstić information content (AvgIpc) is 1.57. The Bertz CT molecular complexity index is 6080. The molecule has 0 aliphatic heterocycles. The summed E-state index contributed by atoms with van der Waals surface area (Å²) < 4.78 is 0. The summed E-state index contributed by atoms with van der Waals surface area (Å²) in [6.07, 6.45) is 0. The maximum Gasteiger partial charge on any atom is 0.0508 e. The van der Waals surface area contributed by atoms with Crippen LogP contribution in [0.1, 0.15) is 99.9 Å². The van der Waals surface area contributed by atoms with E-state index in [1.807, 2.05) is 0 Å². The fraction of sp³-hybridized carbons (Fsp3) is 0.115. The zero-order valence-electron chi connectivity index (χ0n) is 61.4. The number of anilines is 6. The summed E-state index contributed by atoms with van der Waals surface area (Å²) in [5, 5.41) is 5.00. The molecule has 0 radical (unpaired) electrons. The van der Waals surface area contributed by atoms with Crippen LogP contribution in [0.3, 0.4) is 0 Å². The van der Waals surface area contributed by atoms with E-state index in [0.717, 1.165) is 11.4 Å². The molecule has 106 heavy (non-hydrogen) atoms. The summed E-state index contributed by atoms with van der Waals surface area (Å²) in [7, 11) is 0. The Kier molecular flexibility index (Phi) is 15.0. The standard InChI is InChI=1S/2C52H41N/c1-51(2)46-18-10-8-15-42(46)44-30-29-41(33-48(44)51)53(49-20-12-17-45-43-16-9-11-19-47(43)52(3,4)50(45)49)40-27-25-35(26-28-40)37-22-24-38-31-36(21-23-39(38)32-37)34-13-6-5-7-14-34;1-51(2)47-16-10-8-14-43(47)45-28-26-41(32-49(45)51)53(42-27-29-46-44-15-9-11-17-48(44)52(3,4)50(46)33-42)40-24-22-35(23-25-40)37-19-21-38-30-36(18-20-39(38)31-37)34-12-6-5-7-13-34/h2*5-33H,1-4H3. The zero-order chi connectivity index (χ0) is 71.8. The highest BCUT2D eigenvalue weighted by atomic mass is 15.2. The van der Waals surface area contributed by atoms with Crippen LogP contribution in [0.15, 0.2) is 352 Å². The normalized spacial score (nSPS) is 14.3. The Hall–Kier alpha value is -12.4. The second kappa shape index (κ2) is 24.7. The molecule has 2 heteroatoms. The van der Waals surface area contributed by atoms with Crippen LogP contribution in [-0.2, 0) is 21.7 Å². The van der Waals surface area contributed by atoms with Gasteiger partial charge in [-0.2, -0.15) is 0 Å². The molecule has 0 bridgehead atoms. The Morgan fingerprint density at radius 2 is 0.434 bits per heavy atom. The van der Waals surface area contributed by atoms with Crippen LogP contribution in [0.5, 0.6) is 0 Å². The van der Waals surface area contributed by atoms with Crippen molar-refractivity contribution < 1.29 is 0 Å². The first-order valence-corrected chi connectivity index (χ1v) is 37.5. The van der Waals surface area contributed by atoms with Gasteiger partial charge in [0.2, 0.25) is 0 Å². The Morgan fingerprint density at radius 3 is 0.802 bits per heavy atom. The molecule has 0 spiro atoms. The predicted octanol–water partition coefficient (Wildman–Crippen LogP) is 28.5. The lowest BCUT2D eigenvalue weighted by molar-refractivity contribution is 0.658. The molecule has 4 aliphatic carbocycles. The van der Waals surface area contributed by atoms with Crippen LogP contribution in [0.2, 0.25) is 0 Å². The summed E-state index contributed by atoms with van der Waals surface area (Å²) in [6.45, 7) is 19.0. The van der Waals surface area contributed by atoms with E-state index in [-0.39, 0.29) is 21.7 Å². The first-order chi connectivity index (χ1) is 51.6. The van der Waals surface area contributed by atoms with Crippen LogP contribution >= 0.6 is 0 Å². The maximum absolute atomic E-state index is 2.50. The monoisotopic (exact) mass is 1360 g/mol. The van der Waals surface area contributed by atoms with Crippen LogP contribution < -0.4 is 9.80 Å². The van der Waals surface area contributed by atoms with E-state index in [1.54, 1.807) is 0 Å². The summed E-state index contributed by atoms with van der Waals surface area (Å²) >= 11 is 0. The van der Waals surface area contributed by atoms with Crippen molar-refractivity contribution in [2.24, 2.45) is 0 Å². The molecule has 0 N–H and O–H groups in total. The van der Waals surface area contributed by atoms with E-state index in [9.17, 15) is 0 Å². The molecule has 0 saturated heterocycles. The number of nitrogens with zero attached hydrogens (tertiary/aromatic N) is 2. The third-order valence-electron chi connectivity index (χ3n) is 24.1. The SMILES string of the molecule is CC1(C)c2ccccc2-c2ccc(N(c3ccc(-c4ccc5cc(-c6ccccc6)ccc5c4)cc3)c3ccc4c(c3)C(C)(C)c3ccccc3-4)cc21.CC1(C)c2ccccc2-c2ccc(N(c3ccc(-c4ccc5cc(-c6ccccc6)ccc5c4)cc3)c3cccc4c3C(C)(C)c3ccccc3-4)cc21. The van der Waals surface area contributed by atoms with E-state index in [4.69, 9.17) is 0 Å². The van der Waals surface area contributed by atoms with E-state index in [0.29, 0.717) is 0 Å². The molecule has 16 aromatic carbocycles. The summed E-state index contributed by atoms with van der Waals surface area (Å²) in [6, 6.07) is 131. The summed E-state index contributed by atoms with van der Waals surface area (Å²) in [5.41, 5.74) is 38.2. The van der Waals surface area contributed by atoms with Gasteiger partial charge in [-0.15, -0.1) is 0 Å². The zero-order valence-corrected chi connectivity index (χ0v) is 61.4. The summed E-state index contributed by atoms with van der Waals surface area (Å²) in [4.78, 5) is 4.95. The molecule has 20 rings (SSSR count). The van der Waals surface area contributed by atoms with Crippen molar-refractivity contribution in [3.8, 4) is 89.0 Å². The molecule has 0 fully saturated rings. The van der Waals surface area contributed by atoms with Crippen molar-refractivity contribution in [3.05, 3.63) is 396 Å². The molecule has 0 aromatic heterocycles. The third-order valence-corrected chi connectivity index (χ3v) is 24.1. The van der Waals surface area contributed by atoms with Crippen molar-refractivity contribution in [2.75, 3.05) is 9.80 Å². The van der Waals surface area contributed by atoms with Gasteiger partial charge in [0.05, 0.1) is 5.69 Å². The molecule has 2 nitrogen and oxygen atoms in total. The first-order valence-electron chi connectivity index (χ1n) is 37.5. The number of hydrogen-bond donors (Lipinski definition) is 0. The quantitative estimate of drug-likeness (QED) is 0.135. The van der Waals surface area contributed by atoms with Crippen molar-refractivity contribution in [2.45, 2.75) is 77.0 Å². The highest BCUT2D eigenvalue weighted by Crippen LogP contribution is 2.58. The minimum Gasteiger partial charge on any atom is -0.310 e. The van der Waals surface area contributed by atoms with E-state index in [1.165, 1.54) is 178 Å².